The third-order valence-electron chi connectivity index (χ3n) is 6.26. The number of aryl methyl sites for hydroxylation is 1. The highest BCUT2D eigenvalue weighted by atomic mass is 35.5. The van der Waals surface area contributed by atoms with Gasteiger partial charge in [-0.2, -0.15) is 0 Å². The molecule has 2 aromatic carbocycles. The molecule has 5 nitrogen and oxygen atoms in total. The summed E-state index contributed by atoms with van der Waals surface area (Å²) in [6, 6.07) is 17.2. The molecule has 3 fully saturated rings. The first kappa shape index (κ1) is 21.1. The molecule has 32 heavy (non-hydrogen) atoms. The van der Waals surface area contributed by atoms with E-state index in [1.54, 1.807) is 12.1 Å². The van der Waals surface area contributed by atoms with Crippen molar-refractivity contribution in [2.75, 3.05) is 11.9 Å². The highest BCUT2D eigenvalue weighted by Gasteiger charge is 2.68. The van der Waals surface area contributed by atoms with Crippen LogP contribution in [-0.4, -0.2) is 28.6 Å². The van der Waals surface area contributed by atoms with E-state index in [4.69, 9.17) is 27.9 Å². The lowest BCUT2D eigenvalue weighted by molar-refractivity contribution is -0.135. The largest absolute Gasteiger partial charge is 0.484 e. The molecule has 164 valence electrons. The van der Waals surface area contributed by atoms with Crippen LogP contribution in [0, 0.1) is 6.92 Å². The Labute approximate surface area is 197 Å². The predicted octanol–water partition coefficient (Wildman–Crippen LogP) is 5.65. The van der Waals surface area contributed by atoms with Crippen molar-refractivity contribution in [3.05, 3.63) is 76.4 Å². The first-order valence-corrected chi connectivity index (χ1v) is 11.3. The molecule has 3 saturated carbocycles. The minimum Gasteiger partial charge on any atom is -0.484 e. The van der Waals surface area contributed by atoms with Gasteiger partial charge in [0.2, 0.25) is 0 Å². The Bertz CT molecular complexity index is 1160. The van der Waals surface area contributed by atoms with Crippen molar-refractivity contribution in [3.8, 4) is 16.9 Å². The number of nitrogens with zero attached hydrogens (tertiary/aromatic N) is 1. The third-order valence-corrected chi connectivity index (χ3v) is 6.94. The van der Waals surface area contributed by atoms with E-state index in [2.05, 4.69) is 21.7 Å². The van der Waals surface area contributed by atoms with Gasteiger partial charge in [0, 0.05) is 27.3 Å². The molecule has 3 aliphatic rings. The number of ether oxygens (including phenoxy) is 1. The van der Waals surface area contributed by atoms with E-state index in [-0.39, 0.29) is 23.6 Å². The molecule has 0 aliphatic heterocycles. The molecule has 1 aromatic heterocycles. The number of hydrogen-bond acceptors (Lipinski definition) is 4. The summed E-state index contributed by atoms with van der Waals surface area (Å²) in [5, 5.41) is 8.12. The summed E-state index contributed by atoms with van der Waals surface area (Å²) < 4.78 is 5.61. The van der Waals surface area contributed by atoms with Crippen LogP contribution in [0.5, 0.6) is 5.75 Å². The molecule has 2 bridgehead atoms. The zero-order valence-corrected chi connectivity index (χ0v) is 19.1. The summed E-state index contributed by atoms with van der Waals surface area (Å²) >= 11 is 12.0. The molecule has 0 spiro atoms. The minimum absolute atomic E-state index is 0.00601. The Balaban J connectivity index is 1.13. The first-order valence-electron chi connectivity index (χ1n) is 10.5. The summed E-state index contributed by atoms with van der Waals surface area (Å²) in [7, 11) is 0. The topological polar surface area (TPSA) is 63.2 Å². The van der Waals surface area contributed by atoms with Crippen LogP contribution in [-0.2, 0) is 4.79 Å². The summed E-state index contributed by atoms with van der Waals surface area (Å²) in [5.41, 5.74) is 2.98. The van der Waals surface area contributed by atoms with E-state index in [1.165, 1.54) is 0 Å². The van der Waals surface area contributed by atoms with E-state index in [9.17, 15) is 4.79 Å². The lowest BCUT2D eigenvalue weighted by atomic mass is 9.44. The normalized spacial score (nSPS) is 23.0. The molecule has 6 rings (SSSR count). The molecule has 0 saturated heterocycles. The molecule has 3 aromatic rings. The standard InChI is InChI=1S/C25H23Cl2N3O2/c1-16-10-20(6-7-21(16)27)32-12-23(31)30-25-13-24(14-25,15-25)29-22-11-18(8-9-28-22)17-2-4-19(26)5-3-17/h2-11H,12-15H2,1H3,(H,28,29)(H,30,31). The van der Waals surface area contributed by atoms with E-state index in [1.807, 2.05) is 49.5 Å². The van der Waals surface area contributed by atoms with Crippen molar-refractivity contribution in [2.45, 2.75) is 37.3 Å². The highest BCUT2D eigenvalue weighted by Crippen LogP contribution is 2.61. The fourth-order valence-electron chi connectivity index (χ4n) is 4.83. The SMILES string of the molecule is Cc1cc(OCC(=O)NC23CC(Nc4cc(-c5ccc(Cl)cc5)ccn4)(C2)C3)ccc1Cl. The van der Waals surface area contributed by atoms with Gasteiger partial charge in [-0.05, 0) is 85.3 Å². The molecule has 0 radical (unpaired) electrons. The van der Waals surface area contributed by atoms with Gasteiger partial charge in [0.15, 0.2) is 6.61 Å². The maximum absolute atomic E-state index is 12.4. The first-order chi connectivity index (χ1) is 15.3. The number of carbonyl (C=O) groups is 1. The van der Waals surface area contributed by atoms with Crippen molar-refractivity contribution in [1.82, 2.24) is 10.3 Å². The summed E-state index contributed by atoms with van der Waals surface area (Å²) in [4.78, 5) is 16.9. The van der Waals surface area contributed by atoms with Crippen molar-refractivity contribution in [2.24, 2.45) is 0 Å². The second-order valence-electron chi connectivity index (χ2n) is 8.90. The summed E-state index contributed by atoms with van der Waals surface area (Å²) in [6.45, 7) is 1.90. The highest BCUT2D eigenvalue weighted by molar-refractivity contribution is 6.31. The molecule has 2 N–H and O–H groups in total. The number of nitrogens with one attached hydrogen (secondary N) is 2. The Morgan fingerprint density at radius 2 is 1.75 bits per heavy atom. The lowest BCUT2D eigenvalue weighted by Gasteiger charge is -2.70. The number of hydrogen-bond donors (Lipinski definition) is 2. The van der Waals surface area contributed by atoms with Crippen molar-refractivity contribution < 1.29 is 9.53 Å². The van der Waals surface area contributed by atoms with E-state index < -0.39 is 0 Å². The van der Waals surface area contributed by atoms with Crippen molar-refractivity contribution in [3.63, 3.8) is 0 Å². The Kier molecular flexibility index (Phi) is 5.26. The average molecular weight is 468 g/mol. The van der Waals surface area contributed by atoms with Crippen molar-refractivity contribution in [1.29, 1.82) is 0 Å². The number of rotatable bonds is 7. The van der Waals surface area contributed by atoms with Gasteiger partial charge in [-0.1, -0.05) is 35.3 Å². The number of halogens is 2. The van der Waals surface area contributed by atoms with Crippen LogP contribution in [0.3, 0.4) is 0 Å². The van der Waals surface area contributed by atoms with Gasteiger partial charge in [-0.3, -0.25) is 4.79 Å². The molecule has 0 atom stereocenters. The molecule has 3 aliphatic carbocycles. The summed E-state index contributed by atoms with van der Waals surface area (Å²) in [6.07, 6.45) is 4.47. The van der Waals surface area contributed by atoms with E-state index in [0.717, 1.165) is 46.8 Å². The molecule has 0 unspecified atom stereocenters. The molecule has 7 heteroatoms. The summed E-state index contributed by atoms with van der Waals surface area (Å²) in [5.74, 6) is 1.39. The van der Waals surface area contributed by atoms with Crippen molar-refractivity contribution >= 4 is 34.9 Å². The van der Waals surface area contributed by atoms with Crippen LogP contribution in [0.1, 0.15) is 24.8 Å². The van der Waals surface area contributed by atoms with Gasteiger partial charge in [0.1, 0.15) is 11.6 Å². The molecule has 1 amide bonds. The number of carbonyl (C=O) groups excluding carboxylic acids is 1. The number of anilines is 1. The van der Waals surface area contributed by atoms with Gasteiger partial charge < -0.3 is 15.4 Å². The van der Waals surface area contributed by atoms with E-state index in [0.29, 0.717) is 10.8 Å². The second-order valence-corrected chi connectivity index (χ2v) is 9.74. The predicted molar refractivity (Wildman–Crippen MR) is 127 cm³/mol. The fraction of sp³-hybridized carbons (Fsp3) is 0.280. The van der Waals surface area contributed by atoms with Crippen LogP contribution >= 0.6 is 23.2 Å². The van der Waals surface area contributed by atoms with Crippen LogP contribution < -0.4 is 15.4 Å². The van der Waals surface area contributed by atoms with Gasteiger partial charge in [-0.25, -0.2) is 4.98 Å². The Hall–Kier alpha value is -2.76. The van der Waals surface area contributed by atoms with Gasteiger partial charge in [-0.15, -0.1) is 0 Å². The lowest BCUT2D eigenvalue weighted by Crippen LogP contribution is -2.81. The second kappa shape index (κ2) is 7.98. The average Bonchev–Trinajstić information content (AvgIpc) is 2.73. The van der Waals surface area contributed by atoms with Gasteiger partial charge in [0.05, 0.1) is 0 Å². The third kappa shape index (κ3) is 4.15. The molecule has 1 heterocycles. The zero-order valence-electron chi connectivity index (χ0n) is 17.6. The van der Waals surface area contributed by atoms with Crippen LogP contribution in [0.15, 0.2) is 60.8 Å². The van der Waals surface area contributed by atoms with Gasteiger partial charge in [0.25, 0.3) is 5.91 Å². The Morgan fingerprint density at radius 3 is 2.47 bits per heavy atom. The quantitative estimate of drug-likeness (QED) is 0.471. The molecular formula is C25H23Cl2N3O2. The maximum Gasteiger partial charge on any atom is 0.258 e. The van der Waals surface area contributed by atoms with E-state index >= 15 is 0 Å². The van der Waals surface area contributed by atoms with Crippen LogP contribution in [0.25, 0.3) is 11.1 Å². The zero-order chi connectivity index (χ0) is 22.3. The minimum atomic E-state index is -0.128. The van der Waals surface area contributed by atoms with Gasteiger partial charge >= 0.3 is 0 Å². The fourth-order valence-corrected chi connectivity index (χ4v) is 5.08. The Morgan fingerprint density at radius 1 is 1.00 bits per heavy atom. The number of pyridine rings is 1. The number of benzene rings is 2. The monoisotopic (exact) mass is 467 g/mol. The smallest absolute Gasteiger partial charge is 0.258 e. The number of aromatic nitrogens is 1. The number of amides is 1. The molecular weight excluding hydrogens is 445 g/mol. The van der Waals surface area contributed by atoms with Crippen LogP contribution in [0.4, 0.5) is 5.82 Å². The maximum atomic E-state index is 12.4. The van der Waals surface area contributed by atoms with Crippen LogP contribution in [0.2, 0.25) is 10.0 Å².